The Hall–Kier alpha value is -1.27. The highest BCUT2D eigenvalue weighted by Crippen LogP contribution is 2.23. The van der Waals surface area contributed by atoms with Crippen LogP contribution in [0.15, 0.2) is 16.2 Å². The highest BCUT2D eigenvalue weighted by Gasteiger charge is 2.16. The molecule has 0 aliphatic carbocycles. The van der Waals surface area contributed by atoms with Gasteiger partial charge >= 0.3 is 0 Å². The lowest BCUT2D eigenvalue weighted by Gasteiger charge is -2.00. The van der Waals surface area contributed by atoms with Crippen molar-refractivity contribution in [2.24, 2.45) is 0 Å². The molecule has 80 valence electrons. The molecule has 1 atom stereocenters. The van der Waals surface area contributed by atoms with Crippen molar-refractivity contribution in [1.29, 1.82) is 0 Å². The second kappa shape index (κ2) is 4.50. The summed E-state index contributed by atoms with van der Waals surface area (Å²) in [5, 5.41) is 13.4. The molecule has 15 heavy (non-hydrogen) atoms. The minimum Gasteiger partial charge on any atom is -0.385 e. The Morgan fingerprint density at radius 1 is 1.60 bits per heavy atom. The minimum atomic E-state index is -0.638. The summed E-state index contributed by atoms with van der Waals surface area (Å²) in [6, 6.07) is 0. The Morgan fingerprint density at radius 3 is 3.13 bits per heavy atom. The first-order chi connectivity index (χ1) is 7.31. The van der Waals surface area contributed by atoms with Crippen LogP contribution in [0.4, 0.5) is 0 Å². The number of nitrogens with zero attached hydrogens (tertiary/aromatic N) is 3. The van der Waals surface area contributed by atoms with Gasteiger partial charge in [0.25, 0.3) is 5.89 Å². The highest BCUT2D eigenvalue weighted by atomic mass is 32.1. The molecule has 5 nitrogen and oxygen atoms in total. The first kappa shape index (κ1) is 10.3. The number of aliphatic hydroxyl groups excluding tert-OH is 1. The SMILES string of the molecule is CCCC(O)c1noc(-c2cncs2)n1. The summed E-state index contributed by atoms with van der Waals surface area (Å²) in [6.45, 7) is 1.99. The molecule has 1 unspecified atom stereocenters. The molecule has 0 aromatic carbocycles. The molecule has 0 spiro atoms. The number of aromatic nitrogens is 3. The van der Waals surface area contributed by atoms with E-state index >= 15 is 0 Å². The predicted molar refractivity (Wildman–Crippen MR) is 55.3 cm³/mol. The van der Waals surface area contributed by atoms with E-state index in [2.05, 4.69) is 15.1 Å². The Morgan fingerprint density at radius 2 is 2.47 bits per heavy atom. The zero-order chi connectivity index (χ0) is 10.7. The molecular weight excluding hydrogens is 214 g/mol. The van der Waals surface area contributed by atoms with Crippen molar-refractivity contribution in [2.45, 2.75) is 25.9 Å². The molecule has 0 saturated heterocycles. The van der Waals surface area contributed by atoms with E-state index in [4.69, 9.17) is 4.52 Å². The van der Waals surface area contributed by atoms with Crippen molar-refractivity contribution >= 4 is 11.3 Å². The van der Waals surface area contributed by atoms with Crippen LogP contribution in [-0.2, 0) is 0 Å². The second-order valence-corrected chi connectivity index (χ2v) is 4.01. The maximum absolute atomic E-state index is 9.63. The van der Waals surface area contributed by atoms with Crippen LogP contribution >= 0.6 is 11.3 Å². The molecule has 2 rings (SSSR count). The summed E-state index contributed by atoms with van der Waals surface area (Å²) in [6.07, 6.45) is 2.54. The van der Waals surface area contributed by atoms with Gasteiger partial charge in [0.1, 0.15) is 11.0 Å². The summed E-state index contributed by atoms with van der Waals surface area (Å²) < 4.78 is 5.03. The molecule has 2 heterocycles. The van der Waals surface area contributed by atoms with Crippen molar-refractivity contribution in [1.82, 2.24) is 15.1 Å². The van der Waals surface area contributed by atoms with Gasteiger partial charge in [0.05, 0.1) is 11.7 Å². The molecule has 0 fully saturated rings. The van der Waals surface area contributed by atoms with Gasteiger partial charge in [0.15, 0.2) is 0 Å². The molecule has 2 aromatic rings. The topological polar surface area (TPSA) is 72.0 Å². The lowest BCUT2D eigenvalue weighted by Crippen LogP contribution is -1.98. The fourth-order valence-electron chi connectivity index (χ4n) is 1.19. The van der Waals surface area contributed by atoms with E-state index < -0.39 is 6.10 Å². The van der Waals surface area contributed by atoms with Gasteiger partial charge < -0.3 is 9.63 Å². The van der Waals surface area contributed by atoms with Gasteiger partial charge in [0, 0.05) is 0 Å². The smallest absolute Gasteiger partial charge is 0.269 e. The first-order valence-electron chi connectivity index (χ1n) is 4.71. The summed E-state index contributed by atoms with van der Waals surface area (Å²) in [5.41, 5.74) is 1.70. The van der Waals surface area contributed by atoms with Crippen LogP contribution in [0.5, 0.6) is 0 Å². The van der Waals surface area contributed by atoms with Crippen LogP contribution in [0.2, 0.25) is 0 Å². The molecule has 0 aliphatic rings. The third kappa shape index (κ3) is 2.21. The number of thiazole rings is 1. The Labute approximate surface area is 90.8 Å². The van der Waals surface area contributed by atoms with Gasteiger partial charge in [-0.1, -0.05) is 18.5 Å². The van der Waals surface area contributed by atoms with Crippen molar-refractivity contribution in [3.05, 3.63) is 17.5 Å². The number of hydrogen-bond donors (Lipinski definition) is 1. The van der Waals surface area contributed by atoms with Crippen molar-refractivity contribution in [2.75, 3.05) is 0 Å². The fourth-order valence-corrected chi connectivity index (χ4v) is 1.73. The van der Waals surface area contributed by atoms with Crippen LogP contribution in [0.25, 0.3) is 10.8 Å². The molecule has 0 bridgehead atoms. The standard InChI is InChI=1S/C9H11N3O2S/c1-2-3-6(13)8-11-9(14-12-8)7-4-10-5-15-7/h4-6,13H,2-3H2,1H3. The Bertz CT molecular complexity index is 413. The number of rotatable bonds is 4. The van der Waals surface area contributed by atoms with E-state index in [0.29, 0.717) is 18.1 Å². The molecular formula is C9H11N3O2S. The molecule has 0 radical (unpaired) electrons. The lowest BCUT2D eigenvalue weighted by molar-refractivity contribution is 0.153. The predicted octanol–water partition coefficient (Wildman–Crippen LogP) is 2.03. The maximum Gasteiger partial charge on any atom is 0.269 e. The van der Waals surface area contributed by atoms with Gasteiger partial charge in [-0.25, -0.2) is 0 Å². The molecule has 0 aliphatic heterocycles. The average Bonchev–Trinajstić information content (AvgIpc) is 2.89. The molecule has 0 saturated carbocycles. The van der Waals surface area contributed by atoms with Crippen LogP contribution < -0.4 is 0 Å². The Kier molecular flexibility index (Phi) is 3.08. The summed E-state index contributed by atoms with van der Waals surface area (Å²) in [5.74, 6) is 0.767. The minimum absolute atomic E-state index is 0.347. The van der Waals surface area contributed by atoms with E-state index in [-0.39, 0.29) is 0 Å². The molecule has 1 N–H and O–H groups in total. The highest BCUT2D eigenvalue weighted by molar-refractivity contribution is 7.13. The van der Waals surface area contributed by atoms with Crippen molar-refractivity contribution in [3.8, 4) is 10.8 Å². The summed E-state index contributed by atoms with van der Waals surface area (Å²) >= 11 is 1.43. The largest absolute Gasteiger partial charge is 0.385 e. The molecule has 2 aromatic heterocycles. The summed E-state index contributed by atoms with van der Waals surface area (Å²) in [4.78, 5) is 8.85. The lowest BCUT2D eigenvalue weighted by atomic mass is 10.2. The Balaban J connectivity index is 2.17. The normalized spacial score (nSPS) is 12.9. The van der Waals surface area contributed by atoms with E-state index in [1.807, 2.05) is 6.92 Å². The van der Waals surface area contributed by atoms with Gasteiger partial charge in [-0.2, -0.15) is 4.98 Å². The van der Waals surface area contributed by atoms with E-state index in [1.165, 1.54) is 11.3 Å². The second-order valence-electron chi connectivity index (χ2n) is 3.13. The monoisotopic (exact) mass is 225 g/mol. The number of hydrogen-bond acceptors (Lipinski definition) is 6. The van der Waals surface area contributed by atoms with Crippen LogP contribution in [0, 0.1) is 0 Å². The third-order valence-corrected chi connectivity index (χ3v) is 2.71. The quantitative estimate of drug-likeness (QED) is 0.861. The average molecular weight is 225 g/mol. The maximum atomic E-state index is 9.63. The van der Waals surface area contributed by atoms with Gasteiger partial charge in [-0.3, -0.25) is 4.98 Å². The van der Waals surface area contributed by atoms with Crippen molar-refractivity contribution in [3.63, 3.8) is 0 Å². The van der Waals surface area contributed by atoms with Gasteiger partial charge in [-0.15, -0.1) is 11.3 Å². The summed E-state index contributed by atoms with van der Waals surface area (Å²) in [7, 11) is 0. The van der Waals surface area contributed by atoms with Crippen LogP contribution in [0.3, 0.4) is 0 Å². The van der Waals surface area contributed by atoms with E-state index in [1.54, 1.807) is 11.7 Å². The molecule has 6 heteroatoms. The van der Waals surface area contributed by atoms with Crippen LogP contribution in [0.1, 0.15) is 31.7 Å². The van der Waals surface area contributed by atoms with E-state index in [0.717, 1.165) is 11.3 Å². The van der Waals surface area contributed by atoms with Crippen LogP contribution in [-0.4, -0.2) is 20.2 Å². The van der Waals surface area contributed by atoms with Gasteiger partial charge in [0.2, 0.25) is 5.82 Å². The van der Waals surface area contributed by atoms with Crippen molar-refractivity contribution < 1.29 is 9.63 Å². The number of aliphatic hydroxyl groups is 1. The first-order valence-corrected chi connectivity index (χ1v) is 5.59. The van der Waals surface area contributed by atoms with E-state index in [9.17, 15) is 5.11 Å². The zero-order valence-electron chi connectivity index (χ0n) is 8.25. The third-order valence-electron chi connectivity index (χ3n) is 1.94. The van der Waals surface area contributed by atoms with Gasteiger partial charge in [-0.05, 0) is 6.42 Å². The fraction of sp³-hybridized carbons (Fsp3) is 0.444. The molecule has 0 amide bonds. The zero-order valence-corrected chi connectivity index (χ0v) is 9.07.